The minimum atomic E-state index is -0.828. The molecule has 1 aromatic carbocycles. The molecule has 1 amide bonds. The summed E-state index contributed by atoms with van der Waals surface area (Å²) < 4.78 is 46.4. The van der Waals surface area contributed by atoms with E-state index in [2.05, 4.69) is 10.3 Å². The third kappa shape index (κ3) is 3.86. The molecule has 176 valence electrons. The second-order valence-electron chi connectivity index (χ2n) is 9.68. The number of aromatic nitrogens is 1. The Hall–Kier alpha value is -2.68. The zero-order chi connectivity index (χ0) is 22.7. The van der Waals surface area contributed by atoms with Gasteiger partial charge in [0.05, 0.1) is 12.2 Å². The van der Waals surface area contributed by atoms with Gasteiger partial charge in [0.2, 0.25) is 0 Å². The maximum absolute atomic E-state index is 14.6. The van der Waals surface area contributed by atoms with E-state index in [0.717, 1.165) is 44.5 Å². The Morgan fingerprint density at radius 1 is 1.18 bits per heavy atom. The number of benzene rings is 1. The number of amides is 1. The number of rotatable bonds is 6. The van der Waals surface area contributed by atoms with Gasteiger partial charge in [0.1, 0.15) is 5.76 Å². The Balaban J connectivity index is 1.16. The van der Waals surface area contributed by atoms with Crippen LogP contribution < -0.4 is 15.0 Å². The van der Waals surface area contributed by atoms with Gasteiger partial charge in [-0.15, -0.1) is 0 Å². The Kier molecular flexibility index (Phi) is 5.05. The fourth-order valence-corrected chi connectivity index (χ4v) is 5.58. The largest absolute Gasteiger partial charge is 0.484 e. The summed E-state index contributed by atoms with van der Waals surface area (Å²) in [4.78, 5) is 19.3. The number of carbonyl (C=O) groups excluding carboxylic acids is 1. The van der Waals surface area contributed by atoms with Crippen molar-refractivity contribution in [3.05, 3.63) is 35.2 Å². The molecule has 0 radical (unpaired) electrons. The van der Waals surface area contributed by atoms with Crippen molar-refractivity contribution < 1.29 is 27.5 Å². The van der Waals surface area contributed by atoms with Gasteiger partial charge in [-0.3, -0.25) is 4.79 Å². The fraction of sp³-hybridized carbons (Fsp3) is 0.583. The first-order chi connectivity index (χ1) is 16.0. The smallest absolute Gasteiger partial charge is 0.298 e. The van der Waals surface area contributed by atoms with Gasteiger partial charge in [-0.2, -0.15) is 4.98 Å². The van der Waals surface area contributed by atoms with Gasteiger partial charge in [-0.05, 0) is 37.5 Å². The average Bonchev–Trinajstić information content (AvgIpc) is 3.25. The third-order valence-electron chi connectivity index (χ3n) is 7.44. The minimum absolute atomic E-state index is 0.00678. The summed E-state index contributed by atoms with van der Waals surface area (Å²) in [6.45, 7) is 4.09. The van der Waals surface area contributed by atoms with Crippen LogP contribution in [0.1, 0.15) is 48.9 Å². The molecule has 2 aliphatic carbocycles. The first-order valence-electron chi connectivity index (χ1n) is 11.8. The van der Waals surface area contributed by atoms with Gasteiger partial charge < -0.3 is 24.1 Å². The van der Waals surface area contributed by atoms with Gasteiger partial charge in [0.25, 0.3) is 11.9 Å². The van der Waals surface area contributed by atoms with E-state index in [9.17, 15) is 13.6 Å². The predicted molar refractivity (Wildman–Crippen MR) is 115 cm³/mol. The molecule has 2 saturated carbocycles. The van der Waals surface area contributed by atoms with Crippen LogP contribution in [0.4, 0.5) is 20.5 Å². The lowest BCUT2D eigenvalue weighted by molar-refractivity contribution is 0.102. The van der Waals surface area contributed by atoms with Gasteiger partial charge in [-0.1, -0.05) is 6.92 Å². The van der Waals surface area contributed by atoms with Crippen molar-refractivity contribution in [2.45, 2.75) is 51.2 Å². The van der Waals surface area contributed by atoms with E-state index < -0.39 is 17.5 Å². The number of nitrogens with one attached hydrogen (secondary N) is 1. The molecule has 4 fully saturated rings. The second kappa shape index (κ2) is 7.97. The molecule has 4 aliphatic rings. The molecule has 4 unspecified atom stereocenters. The SMILES string of the molecule is CCc1oc(N2CC3CCOC3C2)nc1C(=O)Nc1cc(F)c(OC2CC3C[C@H]3C2)c(F)c1. The lowest BCUT2D eigenvalue weighted by atomic mass is 10.1. The molecule has 0 bridgehead atoms. The van der Waals surface area contributed by atoms with E-state index in [1.54, 1.807) is 0 Å². The summed E-state index contributed by atoms with van der Waals surface area (Å²) in [6.07, 6.45) is 4.39. The highest BCUT2D eigenvalue weighted by molar-refractivity contribution is 6.03. The Morgan fingerprint density at radius 3 is 2.64 bits per heavy atom. The average molecular weight is 459 g/mol. The summed E-state index contributed by atoms with van der Waals surface area (Å²) in [5.74, 6) is -0.431. The number of oxazole rings is 1. The van der Waals surface area contributed by atoms with Crippen LogP contribution in [0.5, 0.6) is 5.75 Å². The Morgan fingerprint density at radius 2 is 1.94 bits per heavy atom. The van der Waals surface area contributed by atoms with Crippen LogP contribution in [0, 0.1) is 29.4 Å². The van der Waals surface area contributed by atoms with E-state index in [-0.39, 0.29) is 29.3 Å². The first-order valence-corrected chi connectivity index (χ1v) is 11.8. The fourth-order valence-electron chi connectivity index (χ4n) is 5.58. The van der Waals surface area contributed by atoms with E-state index in [4.69, 9.17) is 13.9 Å². The van der Waals surface area contributed by atoms with E-state index in [1.807, 2.05) is 11.8 Å². The van der Waals surface area contributed by atoms with Crippen LogP contribution in [-0.4, -0.2) is 42.8 Å². The molecular weight excluding hydrogens is 432 g/mol. The van der Waals surface area contributed by atoms with E-state index in [1.165, 1.54) is 6.42 Å². The van der Waals surface area contributed by atoms with Crippen molar-refractivity contribution in [2.24, 2.45) is 17.8 Å². The third-order valence-corrected chi connectivity index (χ3v) is 7.44. The molecular formula is C24H27F2N3O4. The normalized spacial score (nSPS) is 29.8. The van der Waals surface area contributed by atoms with Crippen LogP contribution in [0.3, 0.4) is 0 Å². The number of anilines is 2. The number of halogens is 2. The molecule has 3 heterocycles. The number of fused-ring (bicyclic) bond motifs is 2. The molecule has 9 heteroatoms. The molecule has 5 atom stereocenters. The van der Waals surface area contributed by atoms with Crippen molar-refractivity contribution in [3.63, 3.8) is 0 Å². The molecule has 0 spiro atoms. The molecule has 33 heavy (non-hydrogen) atoms. The highest BCUT2D eigenvalue weighted by Gasteiger charge is 2.47. The number of nitrogens with zero attached hydrogens (tertiary/aromatic N) is 2. The standard InChI is InChI=1S/C24H27F2N3O4/c1-2-19-21(28-24(33-19)29-10-12-3-4-31-20(12)11-29)23(30)27-15-8-17(25)22(18(26)9-15)32-16-6-13-5-14(13)7-16/h8-9,12-14,16,20H,2-7,10-11H2,1H3,(H,27,30)/t12?,13-,14?,16?,20?/m0/s1. The van der Waals surface area contributed by atoms with Crippen LogP contribution >= 0.6 is 0 Å². The maximum Gasteiger partial charge on any atom is 0.298 e. The predicted octanol–water partition coefficient (Wildman–Crippen LogP) is 4.17. The molecule has 1 N–H and O–H groups in total. The van der Waals surface area contributed by atoms with Crippen LogP contribution in [-0.2, 0) is 11.2 Å². The molecule has 2 saturated heterocycles. The van der Waals surface area contributed by atoms with Crippen LogP contribution in [0.15, 0.2) is 16.5 Å². The summed E-state index contributed by atoms with van der Waals surface area (Å²) in [6, 6.07) is 2.54. The summed E-state index contributed by atoms with van der Waals surface area (Å²) in [7, 11) is 0. The van der Waals surface area contributed by atoms with Crippen LogP contribution in [0.2, 0.25) is 0 Å². The van der Waals surface area contributed by atoms with Crippen molar-refractivity contribution in [1.29, 1.82) is 0 Å². The number of ether oxygens (including phenoxy) is 2. The van der Waals surface area contributed by atoms with Gasteiger partial charge in [-0.25, -0.2) is 8.78 Å². The maximum atomic E-state index is 14.6. The summed E-state index contributed by atoms with van der Waals surface area (Å²) >= 11 is 0. The quantitative estimate of drug-likeness (QED) is 0.699. The van der Waals surface area contributed by atoms with Crippen LogP contribution in [0.25, 0.3) is 0 Å². The molecule has 1 aromatic heterocycles. The monoisotopic (exact) mass is 459 g/mol. The molecule has 6 rings (SSSR count). The van der Waals surface area contributed by atoms with Gasteiger partial charge in [0.15, 0.2) is 23.1 Å². The lowest BCUT2D eigenvalue weighted by Gasteiger charge is -2.17. The first kappa shape index (κ1) is 20.9. The highest BCUT2D eigenvalue weighted by atomic mass is 19.1. The highest BCUT2D eigenvalue weighted by Crippen LogP contribution is 2.52. The van der Waals surface area contributed by atoms with E-state index in [0.29, 0.717) is 42.5 Å². The number of hydrogen-bond donors (Lipinski definition) is 1. The topological polar surface area (TPSA) is 76.8 Å². The minimum Gasteiger partial charge on any atom is -0.484 e. The van der Waals surface area contributed by atoms with Crippen molar-refractivity contribution in [3.8, 4) is 5.75 Å². The number of hydrogen-bond acceptors (Lipinski definition) is 6. The van der Waals surface area contributed by atoms with Crippen molar-refractivity contribution >= 4 is 17.6 Å². The number of carbonyl (C=O) groups is 1. The zero-order valence-electron chi connectivity index (χ0n) is 18.5. The lowest BCUT2D eigenvalue weighted by Crippen LogP contribution is -2.23. The molecule has 7 nitrogen and oxygen atoms in total. The Labute approximate surface area is 190 Å². The summed E-state index contributed by atoms with van der Waals surface area (Å²) in [5.41, 5.74) is 0.129. The second-order valence-corrected chi connectivity index (χ2v) is 9.68. The summed E-state index contributed by atoms with van der Waals surface area (Å²) in [5, 5.41) is 2.55. The zero-order valence-corrected chi connectivity index (χ0v) is 18.5. The molecule has 2 aliphatic heterocycles. The van der Waals surface area contributed by atoms with Gasteiger partial charge >= 0.3 is 0 Å². The van der Waals surface area contributed by atoms with Gasteiger partial charge in [0, 0.05) is 49.9 Å². The molecule has 2 aromatic rings. The Bertz CT molecular complexity index is 1040. The number of aryl methyl sites for hydroxylation is 1. The van der Waals surface area contributed by atoms with Crippen molar-refractivity contribution in [2.75, 3.05) is 29.9 Å². The van der Waals surface area contributed by atoms with Crippen molar-refractivity contribution in [1.82, 2.24) is 4.98 Å². The van der Waals surface area contributed by atoms with E-state index >= 15 is 0 Å².